The fraction of sp³-hybridized carbons (Fsp3) is 0.333. The summed E-state index contributed by atoms with van der Waals surface area (Å²) in [5, 5.41) is 20.4. The summed E-state index contributed by atoms with van der Waals surface area (Å²) in [7, 11) is 0. The van der Waals surface area contributed by atoms with Crippen molar-refractivity contribution < 1.29 is 14.6 Å². The van der Waals surface area contributed by atoms with Crippen LogP contribution in [0.2, 0.25) is 0 Å². The van der Waals surface area contributed by atoms with Crippen LogP contribution >= 0.6 is 0 Å². The first-order valence-corrected chi connectivity index (χ1v) is 4.99. The first kappa shape index (κ1) is 9.90. The zero-order chi connectivity index (χ0) is 11.2. The third-order valence-corrected chi connectivity index (χ3v) is 2.85. The maximum atomic E-state index is 10.00. The zero-order valence-electron chi connectivity index (χ0n) is 9.09. The van der Waals surface area contributed by atoms with Crippen molar-refractivity contribution in [1.82, 2.24) is 0 Å². The summed E-state index contributed by atoms with van der Waals surface area (Å²) in [4.78, 5) is 0. The highest BCUT2D eigenvalue weighted by Gasteiger charge is 2.17. The molecule has 0 saturated heterocycles. The Balaban J connectivity index is 2.94. The second-order valence-electron chi connectivity index (χ2n) is 3.74. The third-order valence-electron chi connectivity index (χ3n) is 2.85. The van der Waals surface area contributed by atoms with Crippen LogP contribution in [0.5, 0.6) is 11.5 Å². The summed E-state index contributed by atoms with van der Waals surface area (Å²) in [6.07, 6.45) is 0.680. The number of furan rings is 1. The van der Waals surface area contributed by atoms with Gasteiger partial charge in [-0.25, -0.2) is 0 Å². The molecule has 2 aromatic rings. The lowest BCUT2D eigenvalue weighted by Gasteiger charge is -2.04. The molecule has 2 N–H and O–H groups in total. The van der Waals surface area contributed by atoms with Crippen LogP contribution in [0, 0.1) is 13.8 Å². The number of rotatable bonds is 1. The number of aryl methyl sites for hydroxylation is 3. The van der Waals surface area contributed by atoms with Crippen molar-refractivity contribution in [2.75, 3.05) is 0 Å². The molecule has 2 rings (SSSR count). The summed E-state index contributed by atoms with van der Waals surface area (Å²) < 4.78 is 5.40. The van der Waals surface area contributed by atoms with Crippen LogP contribution in [0.15, 0.2) is 10.5 Å². The van der Waals surface area contributed by atoms with Crippen LogP contribution in [0.1, 0.15) is 23.8 Å². The average Bonchev–Trinajstić information content (AvgIpc) is 2.50. The molecular weight excluding hydrogens is 192 g/mol. The van der Waals surface area contributed by atoms with E-state index in [1.54, 1.807) is 6.07 Å². The molecule has 0 atom stereocenters. The second-order valence-corrected chi connectivity index (χ2v) is 3.74. The summed E-state index contributed by atoms with van der Waals surface area (Å²) >= 11 is 0. The van der Waals surface area contributed by atoms with E-state index < -0.39 is 0 Å². The predicted molar refractivity (Wildman–Crippen MR) is 58.4 cm³/mol. The van der Waals surface area contributed by atoms with Crippen LogP contribution in [0.3, 0.4) is 0 Å². The molecule has 0 fully saturated rings. The second kappa shape index (κ2) is 3.19. The van der Waals surface area contributed by atoms with Gasteiger partial charge in [-0.15, -0.1) is 0 Å². The van der Waals surface area contributed by atoms with E-state index in [9.17, 15) is 10.2 Å². The molecule has 0 spiro atoms. The molecule has 0 aliphatic carbocycles. The Labute approximate surface area is 88.0 Å². The molecule has 0 saturated carbocycles. The molecule has 0 aliphatic heterocycles. The molecule has 80 valence electrons. The molecule has 0 unspecified atom stereocenters. The highest BCUT2D eigenvalue weighted by Crippen LogP contribution is 2.40. The molecule has 1 aromatic heterocycles. The predicted octanol–water partition coefficient (Wildman–Crippen LogP) is 3.02. The van der Waals surface area contributed by atoms with E-state index in [1.165, 1.54) is 0 Å². The first-order valence-electron chi connectivity index (χ1n) is 4.99. The largest absolute Gasteiger partial charge is 0.507 e. The van der Waals surface area contributed by atoms with E-state index in [2.05, 4.69) is 0 Å². The standard InChI is InChI=1S/C12H14O3/c1-4-8-5-9(13)12-10(11(8)14)6(2)7(3)15-12/h5,13-14H,4H2,1-3H3. The van der Waals surface area contributed by atoms with E-state index in [4.69, 9.17) is 4.42 Å². The normalized spacial score (nSPS) is 11.1. The van der Waals surface area contributed by atoms with Crippen molar-refractivity contribution in [3.63, 3.8) is 0 Å². The van der Waals surface area contributed by atoms with Gasteiger partial charge in [-0.1, -0.05) is 6.92 Å². The number of phenolic OH excluding ortho intramolecular Hbond substituents is 2. The Morgan fingerprint density at radius 2 is 1.93 bits per heavy atom. The maximum absolute atomic E-state index is 10.00. The minimum Gasteiger partial charge on any atom is -0.507 e. The monoisotopic (exact) mass is 206 g/mol. The number of aromatic hydroxyl groups is 2. The van der Waals surface area contributed by atoms with Crippen molar-refractivity contribution in [3.05, 3.63) is 23.0 Å². The summed E-state index contributed by atoms with van der Waals surface area (Å²) in [5.41, 5.74) is 2.00. The van der Waals surface area contributed by atoms with Gasteiger partial charge >= 0.3 is 0 Å². The van der Waals surface area contributed by atoms with Gasteiger partial charge < -0.3 is 14.6 Å². The van der Waals surface area contributed by atoms with Crippen molar-refractivity contribution in [3.8, 4) is 11.5 Å². The van der Waals surface area contributed by atoms with E-state index in [0.717, 1.165) is 16.9 Å². The molecule has 15 heavy (non-hydrogen) atoms. The number of fused-ring (bicyclic) bond motifs is 1. The molecule has 1 aromatic carbocycles. The molecule has 3 heteroatoms. The molecule has 3 nitrogen and oxygen atoms in total. The Kier molecular flexibility index (Phi) is 2.11. The van der Waals surface area contributed by atoms with Crippen molar-refractivity contribution in [1.29, 1.82) is 0 Å². The highest BCUT2D eigenvalue weighted by molar-refractivity contribution is 5.93. The number of hydrogen-bond acceptors (Lipinski definition) is 3. The van der Waals surface area contributed by atoms with Crippen molar-refractivity contribution >= 4 is 11.0 Å². The Hall–Kier alpha value is -1.64. The van der Waals surface area contributed by atoms with E-state index in [-0.39, 0.29) is 11.5 Å². The van der Waals surface area contributed by atoms with Gasteiger partial charge in [0.1, 0.15) is 11.5 Å². The molecule has 0 amide bonds. The fourth-order valence-corrected chi connectivity index (χ4v) is 1.82. The lowest BCUT2D eigenvalue weighted by atomic mass is 10.0. The molecule has 1 heterocycles. The van der Waals surface area contributed by atoms with E-state index in [1.807, 2.05) is 20.8 Å². The van der Waals surface area contributed by atoms with Gasteiger partial charge in [-0.05, 0) is 31.9 Å². The minimum absolute atomic E-state index is 0.0934. The molecule has 0 aliphatic rings. The zero-order valence-corrected chi connectivity index (χ0v) is 9.09. The molecular formula is C12H14O3. The minimum atomic E-state index is 0.0934. The van der Waals surface area contributed by atoms with Crippen LogP contribution in [0.25, 0.3) is 11.0 Å². The average molecular weight is 206 g/mol. The highest BCUT2D eigenvalue weighted by atomic mass is 16.4. The first-order chi connectivity index (χ1) is 7.06. The van der Waals surface area contributed by atoms with Crippen molar-refractivity contribution in [2.45, 2.75) is 27.2 Å². The van der Waals surface area contributed by atoms with Gasteiger partial charge in [-0.3, -0.25) is 0 Å². The summed E-state index contributed by atoms with van der Waals surface area (Å²) in [6, 6.07) is 1.56. The van der Waals surface area contributed by atoms with Crippen LogP contribution < -0.4 is 0 Å². The summed E-state index contributed by atoms with van der Waals surface area (Å²) in [5.74, 6) is 1.04. The van der Waals surface area contributed by atoms with Gasteiger partial charge in [0.15, 0.2) is 11.3 Å². The van der Waals surface area contributed by atoms with Crippen LogP contribution in [-0.2, 0) is 6.42 Å². The summed E-state index contributed by atoms with van der Waals surface area (Å²) in [6.45, 7) is 5.63. The molecule has 0 bridgehead atoms. The van der Waals surface area contributed by atoms with E-state index in [0.29, 0.717) is 17.4 Å². The smallest absolute Gasteiger partial charge is 0.179 e. The topological polar surface area (TPSA) is 53.6 Å². The van der Waals surface area contributed by atoms with Gasteiger partial charge in [-0.2, -0.15) is 0 Å². The maximum Gasteiger partial charge on any atom is 0.179 e. The number of hydrogen-bond donors (Lipinski definition) is 2. The molecule has 0 radical (unpaired) electrons. The van der Waals surface area contributed by atoms with Gasteiger partial charge in [0.25, 0.3) is 0 Å². The SMILES string of the molecule is CCc1cc(O)c2oc(C)c(C)c2c1O. The van der Waals surface area contributed by atoms with Gasteiger partial charge in [0.2, 0.25) is 0 Å². The fourth-order valence-electron chi connectivity index (χ4n) is 1.82. The van der Waals surface area contributed by atoms with Crippen LogP contribution in [-0.4, -0.2) is 10.2 Å². The number of benzene rings is 1. The van der Waals surface area contributed by atoms with Gasteiger partial charge in [0, 0.05) is 5.56 Å². The third kappa shape index (κ3) is 1.27. The van der Waals surface area contributed by atoms with Crippen LogP contribution in [0.4, 0.5) is 0 Å². The van der Waals surface area contributed by atoms with E-state index >= 15 is 0 Å². The quantitative estimate of drug-likeness (QED) is 0.705. The Morgan fingerprint density at radius 1 is 1.27 bits per heavy atom. The lowest BCUT2D eigenvalue weighted by molar-refractivity contribution is 0.451. The Bertz CT molecular complexity index is 523. The Morgan fingerprint density at radius 3 is 2.53 bits per heavy atom. The number of phenols is 2. The lowest BCUT2D eigenvalue weighted by Crippen LogP contribution is -1.83. The van der Waals surface area contributed by atoms with Crippen molar-refractivity contribution in [2.24, 2.45) is 0 Å². The van der Waals surface area contributed by atoms with Gasteiger partial charge in [0.05, 0.1) is 5.39 Å².